The monoisotopic (exact) mass is 283 g/mol. The first-order chi connectivity index (χ1) is 8.78. The summed E-state index contributed by atoms with van der Waals surface area (Å²) in [5.41, 5.74) is 0. The van der Waals surface area contributed by atoms with Crippen molar-refractivity contribution in [2.75, 3.05) is 13.2 Å². The first-order valence-corrected chi connectivity index (χ1v) is 5.93. The molecule has 1 unspecified atom stereocenters. The molecule has 8 heteroatoms. The van der Waals surface area contributed by atoms with Gasteiger partial charge in [0.25, 0.3) is 0 Å². The smallest absolute Gasteiger partial charge is 0.411 e. The van der Waals surface area contributed by atoms with Crippen LogP contribution in [-0.4, -0.2) is 42.4 Å². The molecule has 0 aliphatic heterocycles. The molecule has 0 bridgehead atoms. The Kier molecular flexibility index (Phi) is 5.59. The quantitative estimate of drug-likeness (QED) is 0.659. The van der Waals surface area contributed by atoms with Crippen LogP contribution in [0.25, 0.3) is 0 Å². The lowest BCUT2D eigenvalue weighted by Crippen LogP contribution is -2.38. The van der Waals surface area contributed by atoms with Crippen LogP contribution in [0.15, 0.2) is 0 Å². The van der Waals surface area contributed by atoms with Crippen LogP contribution < -0.4 is 5.32 Å². The van der Waals surface area contributed by atoms with Gasteiger partial charge in [0.2, 0.25) is 5.91 Å². The molecule has 1 saturated carbocycles. The maximum atomic E-state index is 11.8. The highest BCUT2D eigenvalue weighted by Crippen LogP contribution is 2.34. The van der Waals surface area contributed by atoms with Gasteiger partial charge in [-0.05, 0) is 18.8 Å². The van der Waals surface area contributed by atoms with Gasteiger partial charge in [-0.3, -0.25) is 9.59 Å². The number of carbonyl (C=O) groups excluding carboxylic acids is 1. The van der Waals surface area contributed by atoms with Crippen molar-refractivity contribution < 1.29 is 32.6 Å². The predicted molar refractivity (Wildman–Crippen MR) is 58.4 cm³/mol. The SMILES string of the molecule is O=C(O)CC(NC(=O)CCOCC(F)(F)F)C1CC1. The minimum atomic E-state index is -4.41. The highest BCUT2D eigenvalue weighted by molar-refractivity contribution is 5.77. The zero-order valence-corrected chi connectivity index (χ0v) is 10.2. The highest BCUT2D eigenvalue weighted by Gasteiger charge is 2.33. The average molecular weight is 283 g/mol. The molecule has 1 rings (SSSR count). The number of halogens is 3. The van der Waals surface area contributed by atoms with Crippen molar-refractivity contribution in [1.82, 2.24) is 5.32 Å². The number of carboxylic acids is 1. The van der Waals surface area contributed by atoms with Gasteiger partial charge in [-0.15, -0.1) is 0 Å². The maximum absolute atomic E-state index is 11.8. The van der Waals surface area contributed by atoms with E-state index in [0.717, 1.165) is 12.8 Å². The topological polar surface area (TPSA) is 75.6 Å². The molecule has 19 heavy (non-hydrogen) atoms. The maximum Gasteiger partial charge on any atom is 0.411 e. The zero-order valence-electron chi connectivity index (χ0n) is 10.2. The number of aliphatic carboxylic acids is 1. The van der Waals surface area contributed by atoms with Crippen molar-refractivity contribution in [3.8, 4) is 0 Å². The van der Waals surface area contributed by atoms with Crippen molar-refractivity contribution in [2.45, 2.75) is 37.9 Å². The lowest BCUT2D eigenvalue weighted by Gasteiger charge is -2.16. The van der Waals surface area contributed by atoms with E-state index in [2.05, 4.69) is 10.1 Å². The number of hydrogen-bond donors (Lipinski definition) is 2. The van der Waals surface area contributed by atoms with Gasteiger partial charge in [-0.25, -0.2) is 0 Å². The minimum absolute atomic E-state index is 0.163. The number of carboxylic acid groups (broad SMARTS) is 1. The number of nitrogens with one attached hydrogen (secondary N) is 1. The van der Waals surface area contributed by atoms with E-state index in [1.54, 1.807) is 0 Å². The third-order valence-electron chi connectivity index (χ3n) is 2.67. The molecule has 1 fully saturated rings. The van der Waals surface area contributed by atoms with Crippen LogP contribution in [0.3, 0.4) is 0 Å². The molecule has 1 aliphatic rings. The van der Waals surface area contributed by atoms with Gasteiger partial charge in [0.05, 0.1) is 13.0 Å². The second-order valence-electron chi connectivity index (χ2n) is 4.53. The van der Waals surface area contributed by atoms with E-state index in [1.165, 1.54) is 0 Å². The number of hydrogen-bond acceptors (Lipinski definition) is 3. The van der Waals surface area contributed by atoms with Crippen molar-refractivity contribution in [3.05, 3.63) is 0 Å². The van der Waals surface area contributed by atoms with Gasteiger partial charge in [0.1, 0.15) is 6.61 Å². The summed E-state index contributed by atoms with van der Waals surface area (Å²) in [7, 11) is 0. The number of rotatable bonds is 8. The molecule has 0 aromatic rings. The van der Waals surface area contributed by atoms with E-state index in [0.29, 0.717) is 0 Å². The summed E-state index contributed by atoms with van der Waals surface area (Å²) >= 11 is 0. The lowest BCUT2D eigenvalue weighted by molar-refractivity contribution is -0.174. The molecule has 0 spiro atoms. The summed E-state index contributed by atoms with van der Waals surface area (Å²) < 4.78 is 39.6. The van der Waals surface area contributed by atoms with Crippen molar-refractivity contribution in [3.63, 3.8) is 0 Å². The van der Waals surface area contributed by atoms with Gasteiger partial charge in [0, 0.05) is 12.5 Å². The van der Waals surface area contributed by atoms with Crippen LogP contribution in [-0.2, 0) is 14.3 Å². The fourth-order valence-corrected chi connectivity index (χ4v) is 1.65. The number of amides is 1. The van der Waals surface area contributed by atoms with E-state index < -0.39 is 30.7 Å². The molecule has 0 radical (unpaired) electrons. The summed E-state index contributed by atoms with van der Waals surface area (Å²) in [6.07, 6.45) is -3.05. The standard InChI is InChI=1S/C11H16F3NO4/c12-11(13,14)6-19-4-3-9(16)15-8(5-10(17)18)7-1-2-7/h7-8H,1-6H2,(H,15,16)(H,17,18). The van der Waals surface area contributed by atoms with Crippen molar-refractivity contribution in [2.24, 2.45) is 5.92 Å². The summed E-state index contributed by atoms with van der Waals surface area (Å²) in [6.45, 7) is -1.72. The lowest BCUT2D eigenvalue weighted by atomic mass is 10.1. The Labute approximate surface area is 108 Å². The molecule has 110 valence electrons. The Balaban J connectivity index is 2.19. The number of carbonyl (C=O) groups is 2. The molecule has 1 atom stereocenters. The molecular formula is C11H16F3NO4. The molecule has 0 heterocycles. The Morgan fingerprint density at radius 1 is 1.37 bits per heavy atom. The van der Waals surface area contributed by atoms with Gasteiger partial charge < -0.3 is 15.2 Å². The van der Waals surface area contributed by atoms with E-state index >= 15 is 0 Å². The molecule has 1 aliphatic carbocycles. The van der Waals surface area contributed by atoms with Crippen LogP contribution in [0, 0.1) is 5.92 Å². The fourth-order valence-electron chi connectivity index (χ4n) is 1.65. The second-order valence-corrected chi connectivity index (χ2v) is 4.53. The fraction of sp³-hybridized carbons (Fsp3) is 0.818. The third kappa shape index (κ3) is 7.66. The third-order valence-corrected chi connectivity index (χ3v) is 2.67. The van der Waals surface area contributed by atoms with E-state index in [4.69, 9.17) is 5.11 Å². The summed E-state index contributed by atoms with van der Waals surface area (Å²) in [5, 5.41) is 11.2. The number of alkyl halides is 3. The molecule has 5 nitrogen and oxygen atoms in total. The summed E-state index contributed by atoms with van der Waals surface area (Å²) in [6, 6.07) is -0.437. The Hall–Kier alpha value is -1.31. The van der Waals surface area contributed by atoms with Gasteiger partial charge >= 0.3 is 12.1 Å². The van der Waals surface area contributed by atoms with E-state index in [9.17, 15) is 22.8 Å². The molecule has 0 aromatic carbocycles. The van der Waals surface area contributed by atoms with Gasteiger partial charge in [-0.2, -0.15) is 13.2 Å². The first-order valence-electron chi connectivity index (χ1n) is 5.93. The van der Waals surface area contributed by atoms with E-state index in [1.807, 2.05) is 0 Å². The van der Waals surface area contributed by atoms with Gasteiger partial charge in [-0.1, -0.05) is 0 Å². The normalized spacial score (nSPS) is 17.0. The van der Waals surface area contributed by atoms with Crippen LogP contribution in [0.4, 0.5) is 13.2 Å². The highest BCUT2D eigenvalue weighted by atomic mass is 19.4. The van der Waals surface area contributed by atoms with Gasteiger partial charge in [0.15, 0.2) is 0 Å². The number of ether oxygens (including phenoxy) is 1. The Morgan fingerprint density at radius 3 is 2.47 bits per heavy atom. The zero-order chi connectivity index (χ0) is 14.5. The molecule has 1 amide bonds. The Morgan fingerprint density at radius 2 is 2.00 bits per heavy atom. The van der Waals surface area contributed by atoms with Crippen LogP contribution in [0.5, 0.6) is 0 Å². The van der Waals surface area contributed by atoms with Crippen molar-refractivity contribution in [1.29, 1.82) is 0 Å². The summed E-state index contributed by atoms with van der Waals surface area (Å²) in [4.78, 5) is 22.0. The summed E-state index contributed by atoms with van der Waals surface area (Å²) in [5.74, 6) is -1.33. The molecule has 0 saturated heterocycles. The first kappa shape index (κ1) is 15.7. The largest absolute Gasteiger partial charge is 0.481 e. The second kappa shape index (κ2) is 6.74. The van der Waals surface area contributed by atoms with Crippen LogP contribution in [0.2, 0.25) is 0 Å². The van der Waals surface area contributed by atoms with Crippen LogP contribution in [0.1, 0.15) is 25.7 Å². The average Bonchev–Trinajstić information content (AvgIpc) is 3.05. The van der Waals surface area contributed by atoms with Crippen molar-refractivity contribution >= 4 is 11.9 Å². The minimum Gasteiger partial charge on any atom is -0.481 e. The van der Waals surface area contributed by atoms with E-state index in [-0.39, 0.29) is 25.4 Å². The van der Waals surface area contributed by atoms with Crippen LogP contribution >= 0.6 is 0 Å². The molecular weight excluding hydrogens is 267 g/mol. The molecule has 0 aromatic heterocycles. The Bertz CT molecular complexity index is 328. The molecule has 2 N–H and O–H groups in total. The predicted octanol–water partition coefficient (Wildman–Crippen LogP) is 1.32.